The van der Waals surface area contributed by atoms with Crippen LogP contribution in [0.2, 0.25) is 0 Å². The van der Waals surface area contributed by atoms with E-state index in [9.17, 15) is 5.11 Å². The Morgan fingerprint density at radius 2 is 2.27 bits per heavy atom. The first-order chi connectivity index (χ1) is 7.16. The van der Waals surface area contributed by atoms with E-state index in [-0.39, 0.29) is 0 Å². The normalized spacial score (nSPS) is 13.0. The molecule has 0 saturated heterocycles. The molecule has 0 aromatic carbocycles. The highest BCUT2D eigenvalue weighted by molar-refractivity contribution is 7.12. The number of aliphatic hydroxyl groups excluding tert-OH is 1. The Balaban J connectivity index is 2.14. The van der Waals surface area contributed by atoms with Crippen molar-refractivity contribution in [2.45, 2.75) is 26.4 Å². The third-order valence-electron chi connectivity index (χ3n) is 2.29. The number of nitrogens with zero attached hydrogens (tertiary/aromatic N) is 1. The molecule has 2 aromatic heterocycles. The number of aromatic nitrogens is 1. The van der Waals surface area contributed by atoms with Crippen molar-refractivity contribution in [2.24, 2.45) is 0 Å². The van der Waals surface area contributed by atoms with E-state index < -0.39 is 6.10 Å². The van der Waals surface area contributed by atoms with Crippen LogP contribution in [-0.2, 0) is 6.42 Å². The van der Waals surface area contributed by atoms with Gasteiger partial charge in [-0.15, -0.1) is 22.7 Å². The summed E-state index contributed by atoms with van der Waals surface area (Å²) in [4.78, 5) is 6.64. The molecule has 0 amide bonds. The molecule has 2 rings (SSSR count). The summed E-state index contributed by atoms with van der Waals surface area (Å²) in [5.74, 6) is 0. The summed E-state index contributed by atoms with van der Waals surface area (Å²) in [6, 6.07) is 2.07. The topological polar surface area (TPSA) is 33.1 Å². The van der Waals surface area contributed by atoms with Crippen molar-refractivity contribution in [1.29, 1.82) is 0 Å². The van der Waals surface area contributed by atoms with E-state index in [0.29, 0.717) is 6.42 Å². The zero-order valence-corrected chi connectivity index (χ0v) is 10.4. The second-order valence-corrected chi connectivity index (χ2v) is 5.95. The van der Waals surface area contributed by atoms with Gasteiger partial charge in [0.05, 0.1) is 11.1 Å². The second-order valence-electron chi connectivity index (χ2n) is 3.51. The van der Waals surface area contributed by atoms with E-state index in [1.165, 1.54) is 9.75 Å². The summed E-state index contributed by atoms with van der Waals surface area (Å²) in [6.45, 7) is 4.12. The van der Waals surface area contributed by atoms with Gasteiger partial charge in [0.2, 0.25) is 0 Å². The first kappa shape index (κ1) is 10.8. The van der Waals surface area contributed by atoms with Crippen molar-refractivity contribution < 1.29 is 5.11 Å². The fourth-order valence-electron chi connectivity index (χ4n) is 1.61. The molecule has 0 aliphatic rings. The summed E-state index contributed by atoms with van der Waals surface area (Å²) in [6.07, 6.45) is 1.98. The lowest BCUT2D eigenvalue weighted by molar-refractivity contribution is 0.178. The van der Waals surface area contributed by atoms with Gasteiger partial charge in [-0.3, -0.25) is 0 Å². The molecule has 0 radical (unpaired) electrons. The summed E-state index contributed by atoms with van der Waals surface area (Å²) in [5, 5.41) is 13.0. The fourth-order valence-corrected chi connectivity index (χ4v) is 3.25. The molecule has 0 fully saturated rings. The summed E-state index contributed by atoms with van der Waals surface area (Å²) in [7, 11) is 0. The molecular formula is C11H13NOS2. The Kier molecular flexibility index (Phi) is 3.19. The van der Waals surface area contributed by atoms with Crippen LogP contribution < -0.4 is 0 Å². The third kappa shape index (κ3) is 2.45. The van der Waals surface area contributed by atoms with Gasteiger partial charge >= 0.3 is 0 Å². The van der Waals surface area contributed by atoms with Gasteiger partial charge in [0, 0.05) is 27.8 Å². The van der Waals surface area contributed by atoms with Crippen LogP contribution in [0.1, 0.15) is 26.4 Å². The summed E-state index contributed by atoms with van der Waals surface area (Å²) in [5.41, 5.74) is 1.05. The molecule has 1 unspecified atom stereocenters. The SMILES string of the molecule is Cc1cc(C(O)Cc2nccs2)c(C)s1. The van der Waals surface area contributed by atoms with Crippen LogP contribution in [-0.4, -0.2) is 10.1 Å². The van der Waals surface area contributed by atoms with Gasteiger partial charge < -0.3 is 5.11 Å². The maximum Gasteiger partial charge on any atom is 0.0954 e. The molecule has 0 aliphatic carbocycles. The van der Waals surface area contributed by atoms with Crippen LogP contribution in [0.15, 0.2) is 17.6 Å². The van der Waals surface area contributed by atoms with Gasteiger partial charge in [-0.05, 0) is 25.5 Å². The third-order valence-corrected chi connectivity index (χ3v) is 4.07. The van der Waals surface area contributed by atoms with Crippen LogP contribution >= 0.6 is 22.7 Å². The number of hydrogen-bond acceptors (Lipinski definition) is 4. The molecule has 15 heavy (non-hydrogen) atoms. The van der Waals surface area contributed by atoms with Crippen LogP contribution in [0.25, 0.3) is 0 Å². The smallest absolute Gasteiger partial charge is 0.0954 e. The van der Waals surface area contributed by atoms with Gasteiger partial charge in [-0.1, -0.05) is 0 Å². The number of aliphatic hydroxyl groups is 1. The number of thiazole rings is 1. The lowest BCUT2D eigenvalue weighted by Gasteiger charge is -2.07. The van der Waals surface area contributed by atoms with E-state index in [1.54, 1.807) is 28.9 Å². The average Bonchev–Trinajstić information content (AvgIpc) is 2.75. The van der Waals surface area contributed by atoms with Gasteiger partial charge in [-0.2, -0.15) is 0 Å². The molecule has 0 saturated carbocycles. The predicted octanol–water partition coefficient (Wildman–Crippen LogP) is 3.10. The van der Waals surface area contributed by atoms with E-state index in [1.807, 2.05) is 5.38 Å². The molecule has 2 aromatic rings. The lowest BCUT2D eigenvalue weighted by atomic mass is 10.1. The second kappa shape index (κ2) is 4.43. The van der Waals surface area contributed by atoms with Crippen LogP contribution in [0.3, 0.4) is 0 Å². The number of aryl methyl sites for hydroxylation is 2. The van der Waals surface area contributed by atoms with E-state index >= 15 is 0 Å². The Morgan fingerprint density at radius 3 is 2.80 bits per heavy atom. The highest BCUT2D eigenvalue weighted by Gasteiger charge is 2.14. The Bertz CT molecular complexity index is 433. The predicted molar refractivity (Wildman–Crippen MR) is 64.6 cm³/mol. The minimum atomic E-state index is -0.416. The van der Waals surface area contributed by atoms with Crippen molar-refractivity contribution in [2.75, 3.05) is 0 Å². The molecule has 80 valence electrons. The van der Waals surface area contributed by atoms with Crippen molar-refractivity contribution >= 4 is 22.7 Å². The molecule has 0 bridgehead atoms. The fraction of sp³-hybridized carbons (Fsp3) is 0.364. The summed E-state index contributed by atoms with van der Waals surface area (Å²) < 4.78 is 0. The molecule has 1 atom stereocenters. The van der Waals surface area contributed by atoms with Crippen LogP contribution in [0.4, 0.5) is 0 Å². The molecular weight excluding hydrogens is 226 g/mol. The minimum Gasteiger partial charge on any atom is -0.388 e. The van der Waals surface area contributed by atoms with E-state index in [4.69, 9.17) is 0 Å². The molecule has 2 nitrogen and oxygen atoms in total. The molecule has 1 N–H and O–H groups in total. The molecule has 0 aliphatic heterocycles. The van der Waals surface area contributed by atoms with Gasteiger partial charge in [0.15, 0.2) is 0 Å². The zero-order valence-electron chi connectivity index (χ0n) is 8.73. The quantitative estimate of drug-likeness (QED) is 0.893. The van der Waals surface area contributed by atoms with Crippen molar-refractivity contribution in [3.8, 4) is 0 Å². The largest absolute Gasteiger partial charge is 0.388 e. The Hall–Kier alpha value is -0.710. The van der Waals surface area contributed by atoms with E-state index in [2.05, 4.69) is 24.9 Å². The zero-order chi connectivity index (χ0) is 10.8. The lowest BCUT2D eigenvalue weighted by Crippen LogP contribution is -2.01. The summed E-state index contributed by atoms with van der Waals surface area (Å²) >= 11 is 3.32. The molecule has 2 heterocycles. The van der Waals surface area contributed by atoms with Crippen LogP contribution in [0, 0.1) is 13.8 Å². The van der Waals surface area contributed by atoms with Crippen molar-refractivity contribution in [1.82, 2.24) is 4.98 Å². The van der Waals surface area contributed by atoms with Crippen LogP contribution in [0.5, 0.6) is 0 Å². The van der Waals surface area contributed by atoms with Gasteiger partial charge in [-0.25, -0.2) is 4.98 Å². The monoisotopic (exact) mass is 239 g/mol. The first-order valence-electron chi connectivity index (χ1n) is 4.80. The van der Waals surface area contributed by atoms with E-state index in [0.717, 1.165) is 10.6 Å². The van der Waals surface area contributed by atoms with Crippen molar-refractivity contribution in [3.05, 3.63) is 38.0 Å². The first-order valence-corrected chi connectivity index (χ1v) is 6.50. The van der Waals surface area contributed by atoms with Crippen molar-refractivity contribution in [3.63, 3.8) is 0 Å². The highest BCUT2D eigenvalue weighted by atomic mass is 32.1. The Morgan fingerprint density at radius 1 is 1.47 bits per heavy atom. The van der Waals surface area contributed by atoms with Gasteiger partial charge in [0.1, 0.15) is 0 Å². The average molecular weight is 239 g/mol. The number of rotatable bonds is 3. The van der Waals surface area contributed by atoms with Gasteiger partial charge in [0.25, 0.3) is 0 Å². The maximum atomic E-state index is 10.1. The minimum absolute atomic E-state index is 0.416. The highest BCUT2D eigenvalue weighted by Crippen LogP contribution is 2.28. The molecule has 4 heteroatoms. The standard InChI is InChI=1S/C11H13NOS2/c1-7-5-9(8(2)15-7)10(13)6-11-12-3-4-14-11/h3-5,10,13H,6H2,1-2H3. The maximum absolute atomic E-state index is 10.1. The molecule has 0 spiro atoms. The number of hydrogen-bond donors (Lipinski definition) is 1. The number of thiophene rings is 1. The Labute approximate surface area is 97.2 Å².